The molecule has 26 heavy (non-hydrogen) atoms. The number of aromatic nitrogens is 5. The molecule has 1 saturated heterocycles. The minimum Gasteiger partial charge on any atom is -0.394 e. The number of rotatable bonds is 4. The normalized spacial score (nSPS) is 16.7. The highest BCUT2D eigenvalue weighted by Gasteiger charge is 2.26. The van der Waals surface area contributed by atoms with Crippen LogP contribution in [0.15, 0.2) is 18.5 Å². The minimum atomic E-state index is 0.0451. The second-order valence-electron chi connectivity index (χ2n) is 7.95. The molecule has 3 aromatic heterocycles. The molecule has 1 fully saturated rings. The van der Waals surface area contributed by atoms with Crippen molar-refractivity contribution in [3.8, 4) is 0 Å². The van der Waals surface area contributed by atoms with Gasteiger partial charge in [0.2, 0.25) is 10.1 Å². The summed E-state index contributed by atoms with van der Waals surface area (Å²) in [6.07, 6.45) is 6.04. The Kier molecular flexibility index (Phi) is 4.48. The SMILES string of the molecule is CC(C)(C)c1cn2nc(N3CCC(c4ccnn4CCO)CC3)sc2n1. The number of hydrogen-bond donors (Lipinski definition) is 1. The largest absolute Gasteiger partial charge is 0.394 e. The molecule has 0 aromatic carbocycles. The van der Waals surface area contributed by atoms with Gasteiger partial charge in [-0.1, -0.05) is 32.1 Å². The molecule has 3 aromatic rings. The molecule has 8 heteroatoms. The molecule has 4 rings (SSSR count). The number of aliphatic hydroxyl groups is 1. The van der Waals surface area contributed by atoms with Crippen molar-refractivity contribution < 1.29 is 5.11 Å². The van der Waals surface area contributed by atoms with E-state index in [0.717, 1.165) is 41.7 Å². The number of piperidine rings is 1. The van der Waals surface area contributed by atoms with Gasteiger partial charge < -0.3 is 10.0 Å². The maximum atomic E-state index is 9.19. The van der Waals surface area contributed by atoms with E-state index < -0.39 is 0 Å². The van der Waals surface area contributed by atoms with Gasteiger partial charge in [0.25, 0.3) is 0 Å². The van der Waals surface area contributed by atoms with Crippen LogP contribution in [-0.2, 0) is 12.0 Å². The summed E-state index contributed by atoms with van der Waals surface area (Å²) < 4.78 is 3.86. The molecule has 0 aliphatic carbocycles. The van der Waals surface area contributed by atoms with Gasteiger partial charge in [-0.2, -0.15) is 5.10 Å². The molecule has 0 unspecified atom stereocenters. The Bertz CT molecular complexity index is 850. The molecule has 1 aliphatic rings. The molecule has 0 radical (unpaired) electrons. The quantitative estimate of drug-likeness (QED) is 0.760. The summed E-state index contributed by atoms with van der Waals surface area (Å²) in [5, 5.41) is 19.3. The molecule has 0 spiro atoms. The van der Waals surface area contributed by atoms with E-state index in [1.165, 1.54) is 5.69 Å². The zero-order chi connectivity index (χ0) is 18.3. The van der Waals surface area contributed by atoms with E-state index >= 15 is 0 Å². The smallest absolute Gasteiger partial charge is 0.214 e. The third kappa shape index (κ3) is 3.23. The predicted molar refractivity (Wildman–Crippen MR) is 103 cm³/mol. The fraction of sp³-hybridized carbons (Fsp3) is 0.611. The third-order valence-corrected chi connectivity index (χ3v) is 6.03. The van der Waals surface area contributed by atoms with Crippen LogP contribution in [0.4, 0.5) is 5.13 Å². The molecule has 0 atom stereocenters. The van der Waals surface area contributed by atoms with Crippen molar-refractivity contribution in [1.29, 1.82) is 0 Å². The van der Waals surface area contributed by atoms with Gasteiger partial charge in [-0.15, -0.1) is 5.10 Å². The summed E-state index contributed by atoms with van der Waals surface area (Å²) >= 11 is 1.67. The molecule has 7 nitrogen and oxygen atoms in total. The van der Waals surface area contributed by atoms with Crippen LogP contribution in [0.3, 0.4) is 0 Å². The highest BCUT2D eigenvalue weighted by molar-refractivity contribution is 7.20. The van der Waals surface area contributed by atoms with Crippen molar-refractivity contribution in [3.05, 3.63) is 29.8 Å². The second-order valence-corrected chi connectivity index (χ2v) is 8.89. The molecular weight excluding hydrogens is 348 g/mol. The molecule has 1 aliphatic heterocycles. The Morgan fingerprint density at radius 3 is 2.69 bits per heavy atom. The maximum Gasteiger partial charge on any atom is 0.214 e. The number of aliphatic hydroxyl groups excluding tert-OH is 1. The summed E-state index contributed by atoms with van der Waals surface area (Å²) in [6, 6.07) is 2.08. The van der Waals surface area contributed by atoms with Crippen LogP contribution < -0.4 is 4.90 Å². The van der Waals surface area contributed by atoms with Crippen LogP contribution >= 0.6 is 11.3 Å². The lowest BCUT2D eigenvalue weighted by Gasteiger charge is -2.31. The van der Waals surface area contributed by atoms with Gasteiger partial charge in [0.05, 0.1) is 25.0 Å². The van der Waals surface area contributed by atoms with Crippen molar-refractivity contribution in [2.45, 2.75) is 51.5 Å². The zero-order valence-corrected chi connectivity index (χ0v) is 16.4. The first-order chi connectivity index (χ1) is 12.5. The topological polar surface area (TPSA) is 71.5 Å². The highest BCUT2D eigenvalue weighted by atomic mass is 32.1. The monoisotopic (exact) mass is 374 g/mol. The van der Waals surface area contributed by atoms with Gasteiger partial charge in [-0.3, -0.25) is 4.68 Å². The Labute approximate surface area is 157 Å². The maximum absolute atomic E-state index is 9.19. The summed E-state index contributed by atoms with van der Waals surface area (Å²) in [7, 11) is 0. The number of hydrogen-bond acceptors (Lipinski definition) is 6. The summed E-state index contributed by atoms with van der Waals surface area (Å²) in [4.78, 5) is 8.07. The van der Waals surface area contributed by atoms with Crippen LogP contribution in [0, 0.1) is 0 Å². The first-order valence-electron chi connectivity index (χ1n) is 9.20. The lowest BCUT2D eigenvalue weighted by Crippen LogP contribution is -2.33. The molecule has 140 valence electrons. The Hall–Kier alpha value is -1.93. The molecule has 0 amide bonds. The van der Waals surface area contributed by atoms with Crippen LogP contribution in [0.25, 0.3) is 4.96 Å². The average Bonchev–Trinajstić information content (AvgIpc) is 3.28. The highest BCUT2D eigenvalue weighted by Crippen LogP contribution is 2.33. The van der Waals surface area contributed by atoms with E-state index in [-0.39, 0.29) is 12.0 Å². The Morgan fingerprint density at radius 2 is 2.04 bits per heavy atom. The molecule has 0 saturated carbocycles. The van der Waals surface area contributed by atoms with Crippen molar-refractivity contribution >= 4 is 21.4 Å². The van der Waals surface area contributed by atoms with E-state index in [1.54, 1.807) is 11.3 Å². The van der Waals surface area contributed by atoms with Crippen LogP contribution in [0.2, 0.25) is 0 Å². The summed E-state index contributed by atoms with van der Waals surface area (Å²) in [6.45, 7) is 9.19. The number of imidazole rings is 1. The number of nitrogens with zero attached hydrogens (tertiary/aromatic N) is 6. The second kappa shape index (κ2) is 6.66. The number of anilines is 1. The lowest BCUT2D eigenvalue weighted by molar-refractivity contribution is 0.265. The van der Waals surface area contributed by atoms with Gasteiger partial charge in [0, 0.05) is 36.3 Å². The van der Waals surface area contributed by atoms with E-state index in [4.69, 9.17) is 10.1 Å². The first kappa shape index (κ1) is 17.5. The molecule has 1 N–H and O–H groups in total. The van der Waals surface area contributed by atoms with Gasteiger partial charge in [0.15, 0.2) is 0 Å². The predicted octanol–water partition coefficient (Wildman–Crippen LogP) is 2.66. The minimum absolute atomic E-state index is 0.0451. The van der Waals surface area contributed by atoms with Crippen molar-refractivity contribution in [2.75, 3.05) is 24.6 Å². The van der Waals surface area contributed by atoms with Crippen LogP contribution in [-0.4, -0.2) is 49.2 Å². The lowest BCUT2D eigenvalue weighted by atomic mass is 9.93. The van der Waals surface area contributed by atoms with Gasteiger partial charge >= 0.3 is 0 Å². The van der Waals surface area contributed by atoms with Crippen molar-refractivity contribution in [3.63, 3.8) is 0 Å². The zero-order valence-electron chi connectivity index (χ0n) is 15.6. The van der Waals surface area contributed by atoms with Gasteiger partial charge in [0.1, 0.15) is 0 Å². The summed E-state index contributed by atoms with van der Waals surface area (Å²) in [5.41, 5.74) is 2.37. The van der Waals surface area contributed by atoms with Gasteiger partial charge in [-0.05, 0) is 18.9 Å². The van der Waals surface area contributed by atoms with Gasteiger partial charge in [-0.25, -0.2) is 9.50 Å². The summed E-state index contributed by atoms with van der Waals surface area (Å²) in [5.74, 6) is 0.497. The Morgan fingerprint density at radius 1 is 1.27 bits per heavy atom. The van der Waals surface area contributed by atoms with E-state index in [2.05, 4.69) is 43.0 Å². The fourth-order valence-corrected chi connectivity index (χ4v) is 4.45. The van der Waals surface area contributed by atoms with Crippen molar-refractivity contribution in [2.24, 2.45) is 0 Å². The van der Waals surface area contributed by atoms with E-state index in [0.29, 0.717) is 12.5 Å². The standard InChI is InChI=1S/C18H26N6OS/c1-18(2,3)15-12-24-16(20-15)26-17(21-24)22-8-5-13(6-9-22)14-4-7-19-23(14)10-11-25/h4,7,12-13,25H,5-6,8-11H2,1-3H3. The van der Waals surface area contributed by atoms with E-state index in [9.17, 15) is 5.11 Å². The van der Waals surface area contributed by atoms with Crippen molar-refractivity contribution in [1.82, 2.24) is 24.4 Å². The first-order valence-corrected chi connectivity index (χ1v) is 10.0. The molecular formula is C18H26N6OS. The number of fused-ring (bicyclic) bond motifs is 1. The Balaban J connectivity index is 1.45. The van der Waals surface area contributed by atoms with Crippen LogP contribution in [0.5, 0.6) is 0 Å². The fourth-order valence-electron chi connectivity index (χ4n) is 3.52. The molecule has 0 bridgehead atoms. The van der Waals surface area contributed by atoms with Crippen LogP contribution in [0.1, 0.15) is 50.9 Å². The molecule has 4 heterocycles. The average molecular weight is 375 g/mol. The third-order valence-electron chi connectivity index (χ3n) is 5.05. The van der Waals surface area contributed by atoms with E-state index in [1.807, 2.05) is 15.4 Å².